The van der Waals surface area contributed by atoms with E-state index in [1.807, 2.05) is 24.3 Å². The third-order valence-corrected chi connectivity index (χ3v) is 6.25. The molecule has 4 aromatic rings. The van der Waals surface area contributed by atoms with Crippen molar-refractivity contribution < 1.29 is 22.3 Å². The van der Waals surface area contributed by atoms with Gasteiger partial charge < -0.3 is 10.1 Å². The fourth-order valence-electron chi connectivity index (χ4n) is 3.30. The monoisotopic (exact) mass is 450 g/mol. The maximum atomic E-state index is 13.1. The van der Waals surface area contributed by atoms with Gasteiger partial charge in [-0.05, 0) is 54.6 Å². The number of fused-ring (bicyclic) bond motifs is 1. The number of rotatable bonds is 6. The van der Waals surface area contributed by atoms with E-state index in [1.165, 1.54) is 24.3 Å². The molecule has 0 saturated heterocycles. The van der Waals surface area contributed by atoms with E-state index in [-0.39, 0.29) is 16.1 Å². The molecule has 0 aliphatic heterocycles. The normalized spacial score (nSPS) is 11.2. The number of nitrogens with one attached hydrogen (secondary N) is 2. The van der Waals surface area contributed by atoms with E-state index in [0.29, 0.717) is 11.4 Å². The first-order valence-corrected chi connectivity index (χ1v) is 11.1. The minimum atomic E-state index is -3.93. The Kier molecular flexibility index (Phi) is 5.79. The summed E-state index contributed by atoms with van der Waals surface area (Å²) in [7, 11) is -2.35. The molecule has 32 heavy (non-hydrogen) atoms. The maximum absolute atomic E-state index is 13.1. The molecule has 0 bridgehead atoms. The third-order valence-electron chi connectivity index (χ3n) is 4.85. The van der Waals surface area contributed by atoms with Gasteiger partial charge in [-0.2, -0.15) is 0 Å². The number of sulfonamides is 1. The van der Waals surface area contributed by atoms with E-state index in [2.05, 4.69) is 10.0 Å². The van der Waals surface area contributed by atoms with Crippen molar-refractivity contribution in [1.29, 1.82) is 0 Å². The smallest absolute Gasteiger partial charge is 0.261 e. The molecule has 0 aromatic heterocycles. The molecule has 2 N–H and O–H groups in total. The Morgan fingerprint density at radius 3 is 2.31 bits per heavy atom. The van der Waals surface area contributed by atoms with Gasteiger partial charge in [-0.3, -0.25) is 9.52 Å². The van der Waals surface area contributed by atoms with Crippen molar-refractivity contribution in [3.05, 3.63) is 96.3 Å². The van der Waals surface area contributed by atoms with Crippen LogP contribution >= 0.6 is 0 Å². The molecule has 0 saturated carbocycles. The summed E-state index contributed by atoms with van der Waals surface area (Å²) in [5.74, 6) is -0.243. The lowest BCUT2D eigenvalue weighted by molar-refractivity contribution is 0.102. The first-order valence-electron chi connectivity index (χ1n) is 9.63. The number of methoxy groups -OCH3 is 1. The Hall–Kier alpha value is -3.91. The first kappa shape index (κ1) is 21.3. The van der Waals surface area contributed by atoms with E-state index >= 15 is 0 Å². The zero-order chi connectivity index (χ0) is 22.7. The van der Waals surface area contributed by atoms with Gasteiger partial charge in [0.2, 0.25) is 0 Å². The van der Waals surface area contributed by atoms with Crippen LogP contribution in [0.5, 0.6) is 5.75 Å². The molecule has 0 heterocycles. The molecule has 162 valence electrons. The Labute approximate surface area is 184 Å². The molecule has 0 unspecified atom stereocenters. The fraction of sp³-hybridized carbons (Fsp3) is 0.0417. The lowest BCUT2D eigenvalue weighted by atomic mass is 10.1. The topological polar surface area (TPSA) is 84.5 Å². The van der Waals surface area contributed by atoms with Crippen LogP contribution in [0.4, 0.5) is 15.8 Å². The number of amides is 1. The Balaban J connectivity index is 1.58. The summed E-state index contributed by atoms with van der Waals surface area (Å²) >= 11 is 0. The zero-order valence-electron chi connectivity index (χ0n) is 17.0. The van der Waals surface area contributed by atoms with Crippen LogP contribution in [0.1, 0.15) is 10.4 Å². The summed E-state index contributed by atoms with van der Waals surface area (Å²) in [4.78, 5) is 12.8. The van der Waals surface area contributed by atoms with Crippen molar-refractivity contribution in [1.82, 2.24) is 0 Å². The van der Waals surface area contributed by atoms with Crippen LogP contribution in [0.25, 0.3) is 10.8 Å². The summed E-state index contributed by atoms with van der Waals surface area (Å²) in [5, 5.41) is 4.54. The second-order valence-electron chi connectivity index (χ2n) is 6.96. The minimum absolute atomic E-state index is 0.0848. The van der Waals surface area contributed by atoms with Crippen LogP contribution in [-0.2, 0) is 10.0 Å². The molecule has 0 spiro atoms. The van der Waals surface area contributed by atoms with Crippen molar-refractivity contribution in [2.45, 2.75) is 4.90 Å². The standard InChI is InChI=1S/C24H19FN2O4S/c1-31-23-14-13-22(20-7-2-3-8-21(20)23)26-24(28)16-5-4-6-18(15-16)27-32(29,30)19-11-9-17(25)10-12-19/h2-15,27H,1H3,(H,26,28). The van der Waals surface area contributed by atoms with Crippen LogP contribution < -0.4 is 14.8 Å². The summed E-state index contributed by atoms with van der Waals surface area (Å²) in [6, 6.07) is 21.6. The number of ether oxygens (including phenoxy) is 1. The summed E-state index contributed by atoms with van der Waals surface area (Å²) in [6.45, 7) is 0. The van der Waals surface area contributed by atoms with Crippen molar-refractivity contribution in [3.8, 4) is 5.75 Å². The van der Waals surface area contributed by atoms with Gasteiger partial charge in [0, 0.05) is 27.7 Å². The molecular weight excluding hydrogens is 431 g/mol. The molecular formula is C24H19FN2O4S. The van der Waals surface area contributed by atoms with E-state index in [9.17, 15) is 17.6 Å². The van der Waals surface area contributed by atoms with Crippen molar-refractivity contribution in [3.63, 3.8) is 0 Å². The molecule has 8 heteroatoms. The van der Waals surface area contributed by atoms with E-state index < -0.39 is 21.7 Å². The van der Waals surface area contributed by atoms with Crippen LogP contribution in [0.3, 0.4) is 0 Å². The molecule has 0 aliphatic rings. The van der Waals surface area contributed by atoms with Gasteiger partial charge in [0.25, 0.3) is 15.9 Å². The van der Waals surface area contributed by atoms with Gasteiger partial charge in [-0.15, -0.1) is 0 Å². The number of hydrogen-bond donors (Lipinski definition) is 2. The van der Waals surface area contributed by atoms with Gasteiger partial charge in [0.15, 0.2) is 0 Å². The Morgan fingerprint density at radius 2 is 1.59 bits per heavy atom. The van der Waals surface area contributed by atoms with Crippen molar-refractivity contribution in [2.24, 2.45) is 0 Å². The molecule has 4 rings (SSSR count). The number of carbonyl (C=O) groups is 1. The van der Waals surface area contributed by atoms with Gasteiger partial charge in [0.1, 0.15) is 11.6 Å². The van der Waals surface area contributed by atoms with Crippen LogP contribution in [0.15, 0.2) is 89.8 Å². The van der Waals surface area contributed by atoms with Gasteiger partial charge >= 0.3 is 0 Å². The predicted molar refractivity (Wildman–Crippen MR) is 122 cm³/mol. The second-order valence-corrected chi connectivity index (χ2v) is 8.64. The Bertz CT molecular complexity index is 1400. The minimum Gasteiger partial charge on any atom is -0.496 e. The number of halogens is 1. The van der Waals surface area contributed by atoms with Crippen molar-refractivity contribution in [2.75, 3.05) is 17.1 Å². The zero-order valence-corrected chi connectivity index (χ0v) is 17.8. The van der Waals surface area contributed by atoms with Gasteiger partial charge in [-0.1, -0.05) is 30.3 Å². The predicted octanol–water partition coefficient (Wildman–Crippen LogP) is 5.04. The van der Waals surface area contributed by atoms with Crippen LogP contribution in [-0.4, -0.2) is 21.4 Å². The summed E-state index contributed by atoms with van der Waals surface area (Å²) < 4.78 is 46.0. The third kappa shape index (κ3) is 4.40. The molecule has 6 nitrogen and oxygen atoms in total. The molecule has 1 amide bonds. The summed E-state index contributed by atoms with van der Waals surface area (Å²) in [6.07, 6.45) is 0. The van der Waals surface area contributed by atoms with E-state index in [1.54, 1.807) is 31.4 Å². The second kappa shape index (κ2) is 8.68. The average Bonchev–Trinajstić information content (AvgIpc) is 2.79. The molecule has 4 aromatic carbocycles. The van der Waals surface area contributed by atoms with Gasteiger partial charge in [-0.25, -0.2) is 12.8 Å². The molecule has 0 fully saturated rings. The fourth-order valence-corrected chi connectivity index (χ4v) is 4.35. The van der Waals surface area contributed by atoms with Gasteiger partial charge in [0.05, 0.1) is 12.0 Å². The summed E-state index contributed by atoms with van der Waals surface area (Å²) in [5.41, 5.74) is 1.08. The average molecular weight is 450 g/mol. The largest absolute Gasteiger partial charge is 0.496 e. The molecule has 0 aliphatic carbocycles. The van der Waals surface area contributed by atoms with Crippen LogP contribution in [0.2, 0.25) is 0 Å². The highest BCUT2D eigenvalue weighted by atomic mass is 32.2. The Morgan fingerprint density at radius 1 is 0.875 bits per heavy atom. The number of hydrogen-bond acceptors (Lipinski definition) is 4. The highest BCUT2D eigenvalue weighted by Gasteiger charge is 2.16. The highest BCUT2D eigenvalue weighted by Crippen LogP contribution is 2.31. The van der Waals surface area contributed by atoms with Crippen molar-refractivity contribution >= 4 is 38.1 Å². The number of anilines is 2. The van der Waals surface area contributed by atoms with E-state index in [4.69, 9.17) is 4.74 Å². The lowest BCUT2D eigenvalue weighted by Gasteiger charge is -2.13. The number of carbonyl (C=O) groups excluding carboxylic acids is 1. The quantitative estimate of drug-likeness (QED) is 0.431. The SMILES string of the molecule is COc1ccc(NC(=O)c2cccc(NS(=O)(=O)c3ccc(F)cc3)c2)c2ccccc12. The van der Waals surface area contributed by atoms with Crippen LogP contribution in [0, 0.1) is 5.82 Å². The first-order chi connectivity index (χ1) is 15.4. The highest BCUT2D eigenvalue weighted by molar-refractivity contribution is 7.92. The lowest BCUT2D eigenvalue weighted by Crippen LogP contribution is -2.15. The molecule has 0 atom stereocenters. The van der Waals surface area contributed by atoms with E-state index in [0.717, 1.165) is 22.9 Å². The number of benzene rings is 4. The maximum Gasteiger partial charge on any atom is 0.261 e. The molecule has 0 radical (unpaired) electrons.